The van der Waals surface area contributed by atoms with Crippen molar-refractivity contribution in [2.45, 2.75) is 31.9 Å². The van der Waals surface area contributed by atoms with Crippen LogP contribution in [0.5, 0.6) is 0 Å². The minimum atomic E-state index is 0.735. The second-order valence-corrected chi connectivity index (χ2v) is 5.87. The molecule has 0 nitrogen and oxygen atoms in total. The summed E-state index contributed by atoms with van der Waals surface area (Å²) >= 11 is 0. The Morgan fingerprint density at radius 2 is 1.89 bits per heavy atom. The molecule has 1 saturated heterocycles. The number of hydrogen-bond acceptors (Lipinski definition) is 0. The first kappa shape index (κ1) is 7.46. The van der Waals surface area contributed by atoms with Crippen LogP contribution in [0.1, 0.15) is 26.7 Å². The lowest BCUT2D eigenvalue weighted by Crippen LogP contribution is -2.29. The van der Waals surface area contributed by atoms with Gasteiger partial charge in [0, 0.05) is 5.92 Å². The van der Waals surface area contributed by atoms with Gasteiger partial charge in [-0.1, -0.05) is 6.92 Å². The van der Waals surface area contributed by atoms with Crippen LogP contribution >= 0.6 is 0 Å². The van der Waals surface area contributed by atoms with Gasteiger partial charge in [0.25, 0.3) is 0 Å². The monoisotopic (exact) mass is 145 g/mol. The van der Waals surface area contributed by atoms with Crippen molar-refractivity contribution in [2.75, 3.05) is 12.0 Å². The summed E-state index contributed by atoms with van der Waals surface area (Å²) < 4.78 is 0. The molecule has 54 valence electrons. The van der Waals surface area contributed by atoms with Crippen LogP contribution < -0.4 is 0 Å². The van der Waals surface area contributed by atoms with Crippen molar-refractivity contribution in [1.29, 1.82) is 0 Å². The quantitative estimate of drug-likeness (QED) is 0.458. The van der Waals surface area contributed by atoms with Crippen molar-refractivity contribution in [3.8, 4) is 0 Å². The molecule has 0 N–H and O–H groups in total. The molecule has 0 amide bonds. The molecule has 3 unspecified atom stereocenters. The largest absolute Gasteiger partial charge is 0.115 e. The molecule has 0 spiro atoms. The van der Waals surface area contributed by atoms with Gasteiger partial charge in [0.05, 0.1) is 6.26 Å². The third-order valence-electron chi connectivity index (χ3n) is 2.30. The van der Waals surface area contributed by atoms with Gasteiger partial charge in [-0.3, -0.25) is 0 Å². The molecule has 0 radical (unpaired) electrons. The molecule has 0 aliphatic carbocycles. The van der Waals surface area contributed by atoms with Gasteiger partial charge in [0.2, 0.25) is 0 Å². The molecule has 0 saturated carbocycles. The van der Waals surface area contributed by atoms with Crippen LogP contribution in [0.2, 0.25) is 0 Å². The predicted octanol–water partition coefficient (Wildman–Crippen LogP) is 2.05. The van der Waals surface area contributed by atoms with Crippen molar-refractivity contribution in [3.05, 3.63) is 0 Å². The predicted molar refractivity (Wildman–Crippen MR) is 46.0 cm³/mol. The van der Waals surface area contributed by atoms with Crippen LogP contribution in [0, 0.1) is 5.92 Å². The number of hydrogen-bond donors (Lipinski definition) is 0. The van der Waals surface area contributed by atoms with E-state index in [-0.39, 0.29) is 0 Å². The summed E-state index contributed by atoms with van der Waals surface area (Å²) in [5.41, 5.74) is 0. The Balaban J connectivity index is 2.35. The van der Waals surface area contributed by atoms with Crippen LogP contribution in [0.4, 0.5) is 0 Å². The molecule has 0 bridgehead atoms. The highest BCUT2D eigenvalue weighted by molar-refractivity contribution is 7.96. The SMILES string of the molecule is CC1CCC(C)[S+](C)C1. The molecule has 1 aliphatic rings. The minimum Gasteiger partial charge on any atom is -0.0580 e. The van der Waals surface area contributed by atoms with Crippen molar-refractivity contribution >= 4 is 10.9 Å². The van der Waals surface area contributed by atoms with Crippen LogP contribution in [0.25, 0.3) is 0 Å². The van der Waals surface area contributed by atoms with E-state index in [4.69, 9.17) is 0 Å². The highest BCUT2D eigenvalue weighted by Gasteiger charge is 2.28. The van der Waals surface area contributed by atoms with Crippen molar-refractivity contribution in [3.63, 3.8) is 0 Å². The molecule has 0 aromatic heterocycles. The van der Waals surface area contributed by atoms with E-state index in [1.54, 1.807) is 0 Å². The maximum Gasteiger partial charge on any atom is 0.115 e. The molecule has 1 heteroatoms. The Hall–Kier alpha value is 0.350. The molecule has 1 fully saturated rings. The van der Waals surface area contributed by atoms with E-state index in [0.717, 1.165) is 22.1 Å². The van der Waals surface area contributed by atoms with Crippen LogP contribution in [0.3, 0.4) is 0 Å². The molecular formula is C8H17S+. The summed E-state index contributed by atoms with van der Waals surface area (Å²) in [6.07, 6.45) is 5.36. The Kier molecular flexibility index (Phi) is 2.45. The van der Waals surface area contributed by atoms with Crippen LogP contribution in [-0.2, 0) is 10.9 Å². The maximum atomic E-state index is 2.42. The Bertz CT molecular complexity index is 90.6. The Morgan fingerprint density at radius 1 is 1.22 bits per heavy atom. The molecule has 0 aromatic carbocycles. The second kappa shape index (κ2) is 2.96. The van der Waals surface area contributed by atoms with E-state index in [0.29, 0.717) is 0 Å². The fourth-order valence-electron chi connectivity index (χ4n) is 1.42. The second-order valence-electron chi connectivity index (χ2n) is 3.35. The van der Waals surface area contributed by atoms with E-state index >= 15 is 0 Å². The highest BCUT2D eigenvalue weighted by atomic mass is 32.2. The maximum absolute atomic E-state index is 2.42. The summed E-state index contributed by atoms with van der Waals surface area (Å²) in [4.78, 5) is 0. The first-order chi connectivity index (χ1) is 4.20. The lowest BCUT2D eigenvalue weighted by Gasteiger charge is -2.22. The topological polar surface area (TPSA) is 0 Å². The van der Waals surface area contributed by atoms with Gasteiger partial charge >= 0.3 is 0 Å². The zero-order valence-corrected chi connectivity index (χ0v) is 7.50. The average Bonchev–Trinajstić information content (AvgIpc) is 1.80. The van der Waals surface area contributed by atoms with Gasteiger partial charge in [0.15, 0.2) is 0 Å². The Labute approximate surface area is 61.4 Å². The van der Waals surface area contributed by atoms with E-state index in [1.807, 2.05) is 0 Å². The smallest absolute Gasteiger partial charge is 0.0580 e. The minimum absolute atomic E-state index is 0.735. The molecule has 1 aliphatic heterocycles. The lowest BCUT2D eigenvalue weighted by molar-refractivity contribution is 0.537. The van der Waals surface area contributed by atoms with Crippen molar-refractivity contribution in [1.82, 2.24) is 0 Å². The first-order valence-corrected chi connectivity index (χ1v) is 5.68. The molecular weight excluding hydrogens is 128 g/mol. The van der Waals surface area contributed by atoms with Gasteiger partial charge in [-0.25, -0.2) is 0 Å². The Morgan fingerprint density at radius 3 is 2.33 bits per heavy atom. The summed E-state index contributed by atoms with van der Waals surface area (Å²) in [6, 6.07) is 0. The summed E-state index contributed by atoms with van der Waals surface area (Å²) in [7, 11) is 0.735. The third kappa shape index (κ3) is 1.89. The van der Waals surface area contributed by atoms with Gasteiger partial charge in [-0.15, -0.1) is 0 Å². The van der Waals surface area contributed by atoms with E-state index in [2.05, 4.69) is 20.1 Å². The molecule has 1 heterocycles. The van der Waals surface area contributed by atoms with Crippen LogP contribution in [-0.4, -0.2) is 17.3 Å². The molecule has 0 aromatic rings. The molecule has 1 rings (SSSR count). The zero-order chi connectivity index (χ0) is 6.85. The summed E-state index contributed by atoms with van der Waals surface area (Å²) in [5, 5.41) is 1.01. The van der Waals surface area contributed by atoms with Gasteiger partial charge < -0.3 is 0 Å². The van der Waals surface area contributed by atoms with Crippen molar-refractivity contribution in [2.24, 2.45) is 5.92 Å². The fourth-order valence-corrected chi connectivity index (χ4v) is 3.35. The first-order valence-electron chi connectivity index (χ1n) is 3.81. The molecule has 9 heavy (non-hydrogen) atoms. The van der Waals surface area contributed by atoms with Gasteiger partial charge in [-0.05, 0) is 30.7 Å². The highest BCUT2D eigenvalue weighted by Crippen LogP contribution is 2.23. The third-order valence-corrected chi connectivity index (χ3v) is 5.00. The standard InChI is InChI=1S/C8H17S/c1-7-4-5-8(2)9(3)6-7/h7-8H,4-6H2,1-3H3/q+1. The van der Waals surface area contributed by atoms with E-state index in [1.165, 1.54) is 18.6 Å². The summed E-state index contributed by atoms with van der Waals surface area (Å²) in [6.45, 7) is 4.78. The average molecular weight is 145 g/mol. The van der Waals surface area contributed by atoms with Crippen LogP contribution in [0.15, 0.2) is 0 Å². The van der Waals surface area contributed by atoms with E-state index < -0.39 is 0 Å². The zero-order valence-electron chi connectivity index (χ0n) is 6.68. The van der Waals surface area contributed by atoms with Crippen molar-refractivity contribution < 1.29 is 0 Å². The lowest BCUT2D eigenvalue weighted by atomic mass is 10.1. The van der Waals surface area contributed by atoms with Gasteiger partial charge in [-0.2, -0.15) is 0 Å². The number of rotatable bonds is 0. The summed E-state index contributed by atoms with van der Waals surface area (Å²) in [5.74, 6) is 2.50. The molecule has 3 atom stereocenters. The van der Waals surface area contributed by atoms with E-state index in [9.17, 15) is 0 Å². The normalized spacial score (nSPS) is 45.0. The fraction of sp³-hybridized carbons (Fsp3) is 1.00. The van der Waals surface area contributed by atoms with Gasteiger partial charge in [0.1, 0.15) is 11.0 Å².